The minimum atomic E-state index is -2.23. The Labute approximate surface area is 295 Å². The van der Waals surface area contributed by atoms with Crippen LogP contribution in [-0.2, 0) is 27.5 Å². The fourth-order valence-electron chi connectivity index (χ4n) is 6.12. The second-order valence-corrected chi connectivity index (χ2v) is 13.1. The third-order valence-electron chi connectivity index (χ3n) is 8.41. The molecule has 3 aromatic heterocycles. The molecule has 0 amide bonds. The predicted molar refractivity (Wildman–Crippen MR) is 187 cm³/mol. The predicted octanol–water partition coefficient (Wildman–Crippen LogP) is 10.3. The minimum absolute atomic E-state index is 0. The van der Waals surface area contributed by atoms with E-state index in [1.54, 1.807) is 12.1 Å². The van der Waals surface area contributed by atoms with Crippen LogP contribution in [-0.4, -0.2) is 19.3 Å². The van der Waals surface area contributed by atoms with Crippen LogP contribution in [0.25, 0.3) is 44.4 Å². The number of hydrogen-bond acceptors (Lipinski definition) is 3. The summed E-state index contributed by atoms with van der Waals surface area (Å²) in [6, 6.07) is 36.2. The van der Waals surface area contributed by atoms with E-state index in [2.05, 4.69) is 64.1 Å². The van der Waals surface area contributed by atoms with E-state index in [4.69, 9.17) is 18.9 Å². The Morgan fingerprint density at radius 1 is 0.851 bits per heavy atom. The molecule has 0 bridgehead atoms. The molecular formula is C41H38N4OPt. The summed E-state index contributed by atoms with van der Waals surface area (Å²) in [5, 5.41) is 6.53. The van der Waals surface area contributed by atoms with Crippen LogP contribution in [0.1, 0.15) is 53.8 Å². The van der Waals surface area contributed by atoms with Crippen molar-refractivity contribution in [1.29, 1.82) is 0 Å². The van der Waals surface area contributed by atoms with Crippen molar-refractivity contribution in [3.05, 3.63) is 132 Å². The molecule has 3 heterocycles. The Hall–Kier alpha value is -4.47. The van der Waals surface area contributed by atoms with Gasteiger partial charge in [0.2, 0.25) is 0 Å². The molecule has 0 spiro atoms. The van der Waals surface area contributed by atoms with E-state index in [0.29, 0.717) is 11.5 Å². The molecule has 0 aliphatic heterocycles. The van der Waals surface area contributed by atoms with Gasteiger partial charge in [0, 0.05) is 38.6 Å². The van der Waals surface area contributed by atoms with Crippen LogP contribution >= 0.6 is 0 Å². The maximum atomic E-state index is 8.04. The second-order valence-electron chi connectivity index (χ2n) is 13.1. The maximum absolute atomic E-state index is 8.04. The molecule has 0 saturated carbocycles. The molecule has 0 saturated heterocycles. The van der Waals surface area contributed by atoms with Gasteiger partial charge in [-0.3, -0.25) is 4.68 Å². The van der Waals surface area contributed by atoms with Gasteiger partial charge < -0.3 is 9.30 Å². The second kappa shape index (κ2) is 13.0. The summed E-state index contributed by atoms with van der Waals surface area (Å²) in [5.74, 6) is 1.77. The normalized spacial score (nSPS) is 12.8. The van der Waals surface area contributed by atoms with E-state index in [9.17, 15) is 0 Å². The molecule has 6 heteroatoms. The molecule has 0 aliphatic carbocycles. The summed E-state index contributed by atoms with van der Waals surface area (Å²) in [5.41, 5.74) is 8.22. The summed E-state index contributed by atoms with van der Waals surface area (Å²) in [4.78, 5) is 4.77. The van der Waals surface area contributed by atoms with E-state index >= 15 is 0 Å². The van der Waals surface area contributed by atoms with Crippen LogP contribution < -0.4 is 4.74 Å². The van der Waals surface area contributed by atoms with Crippen molar-refractivity contribution in [3.8, 4) is 34.1 Å². The van der Waals surface area contributed by atoms with Gasteiger partial charge in [0.05, 0.1) is 5.69 Å². The molecular weight excluding hydrogens is 760 g/mol. The third kappa shape index (κ3) is 6.55. The van der Waals surface area contributed by atoms with Gasteiger partial charge in [-0.1, -0.05) is 74.3 Å². The first-order valence-electron chi connectivity index (χ1n) is 17.1. The van der Waals surface area contributed by atoms with Crippen LogP contribution in [0.2, 0.25) is 0 Å². The molecule has 0 aliphatic rings. The van der Waals surface area contributed by atoms with Gasteiger partial charge >= 0.3 is 21.1 Å². The van der Waals surface area contributed by atoms with Crippen LogP contribution in [0.3, 0.4) is 0 Å². The molecule has 5 nitrogen and oxygen atoms in total. The number of hydrogen-bond donors (Lipinski definition) is 0. The fraction of sp³-hybridized carbons (Fsp3) is 0.220. The standard InChI is InChI=1S/C41H38N4O.Pt/c1-27-15-18-37-36(23-27)35-17-16-34(26-38(35)44(37)39-24-30(20-22-42-39)19-21-41(4,5)6)46-33-14-10-13-32(25-33)45-29(3)40(28(2)43-45)31-11-8-7-9-12-31;/h7-18,20,22-24H,19,21H2,1-6H3;/q-2;+2/i1D3;. The van der Waals surface area contributed by atoms with Crippen molar-refractivity contribution in [2.24, 2.45) is 5.41 Å². The topological polar surface area (TPSA) is 44.9 Å². The third-order valence-corrected chi connectivity index (χ3v) is 8.41. The number of ether oxygens (including phenoxy) is 1. The molecule has 0 unspecified atom stereocenters. The molecule has 7 aromatic rings. The number of benzene rings is 4. The first-order chi connectivity index (χ1) is 23.4. The zero-order valence-electron chi connectivity index (χ0n) is 30.2. The van der Waals surface area contributed by atoms with Crippen LogP contribution in [0.5, 0.6) is 11.5 Å². The van der Waals surface area contributed by atoms with Crippen molar-refractivity contribution >= 4 is 21.8 Å². The van der Waals surface area contributed by atoms with Crippen molar-refractivity contribution < 1.29 is 29.9 Å². The molecule has 47 heavy (non-hydrogen) atoms. The number of aromatic nitrogens is 4. The molecule has 0 N–H and O–H groups in total. The molecule has 4 aromatic carbocycles. The van der Waals surface area contributed by atoms with E-state index in [0.717, 1.165) is 68.7 Å². The number of rotatable bonds is 7. The minimum Gasteiger partial charge on any atom is -0.509 e. The Morgan fingerprint density at radius 2 is 1.66 bits per heavy atom. The zero-order valence-corrected chi connectivity index (χ0v) is 29.4. The Bertz CT molecular complexity index is 2320. The van der Waals surface area contributed by atoms with Crippen molar-refractivity contribution in [1.82, 2.24) is 19.3 Å². The summed E-state index contributed by atoms with van der Waals surface area (Å²) in [7, 11) is 0. The molecule has 238 valence electrons. The van der Waals surface area contributed by atoms with Crippen LogP contribution in [0.4, 0.5) is 0 Å². The summed E-state index contributed by atoms with van der Waals surface area (Å²) in [6.45, 7) is 8.59. The van der Waals surface area contributed by atoms with Gasteiger partial charge in [-0.2, -0.15) is 17.2 Å². The van der Waals surface area contributed by atoms with Gasteiger partial charge in [-0.25, -0.2) is 4.98 Å². The van der Waals surface area contributed by atoms with E-state index in [-0.39, 0.29) is 32.0 Å². The first-order valence-corrected chi connectivity index (χ1v) is 15.6. The summed E-state index contributed by atoms with van der Waals surface area (Å²) in [6.07, 6.45) is 3.80. The van der Waals surface area contributed by atoms with Gasteiger partial charge in [0.1, 0.15) is 5.82 Å². The van der Waals surface area contributed by atoms with E-state index in [1.165, 1.54) is 5.56 Å². The Kier molecular flexibility index (Phi) is 7.93. The Balaban J connectivity index is 0.00000432. The molecule has 0 radical (unpaired) electrons. The number of nitrogens with zero attached hydrogens (tertiary/aromatic N) is 4. The molecule has 0 atom stereocenters. The van der Waals surface area contributed by atoms with Gasteiger partial charge in [0.25, 0.3) is 0 Å². The van der Waals surface area contributed by atoms with E-state index in [1.807, 2.05) is 77.0 Å². The first kappa shape index (κ1) is 28.7. The van der Waals surface area contributed by atoms with Crippen molar-refractivity contribution in [2.75, 3.05) is 0 Å². The van der Waals surface area contributed by atoms with Gasteiger partial charge in [-0.15, -0.1) is 35.7 Å². The van der Waals surface area contributed by atoms with Crippen LogP contribution in [0, 0.1) is 38.2 Å². The number of aryl methyl sites for hydroxylation is 3. The Morgan fingerprint density at radius 3 is 2.45 bits per heavy atom. The fourth-order valence-corrected chi connectivity index (χ4v) is 6.12. The monoisotopic (exact) mass is 800 g/mol. The van der Waals surface area contributed by atoms with Gasteiger partial charge in [-0.05, 0) is 79.4 Å². The average molecular weight is 801 g/mol. The summed E-state index contributed by atoms with van der Waals surface area (Å²) < 4.78 is 34.5. The molecule has 0 fully saturated rings. The van der Waals surface area contributed by atoms with E-state index < -0.39 is 6.85 Å². The van der Waals surface area contributed by atoms with Gasteiger partial charge in [0.15, 0.2) is 0 Å². The largest absolute Gasteiger partial charge is 2.00 e. The maximum Gasteiger partial charge on any atom is 2.00 e. The average Bonchev–Trinajstić information content (AvgIpc) is 3.55. The van der Waals surface area contributed by atoms with Crippen LogP contribution in [0.15, 0.2) is 97.2 Å². The zero-order chi connectivity index (χ0) is 34.5. The SMILES string of the molecule is [2H]C([2H])([2H])c1ccc2c(c1)c1ccc(Oc3[c-]c(-n4nc(C)c(-c5ccccc5)c4C)ccc3)[c-]c1n2-c1cc(CCC(C)(C)C)ccn1.[Pt+2]. The number of pyridine rings is 1. The number of fused-ring (bicyclic) bond motifs is 3. The molecule has 7 rings (SSSR count). The smallest absolute Gasteiger partial charge is 0.509 e. The summed E-state index contributed by atoms with van der Waals surface area (Å²) >= 11 is 0. The quantitative estimate of drug-likeness (QED) is 0.151. The van der Waals surface area contributed by atoms with Crippen molar-refractivity contribution in [3.63, 3.8) is 0 Å². The van der Waals surface area contributed by atoms with Crippen molar-refractivity contribution in [2.45, 2.75) is 54.3 Å².